The minimum atomic E-state index is -0.367. The molecule has 0 spiro atoms. The molecule has 0 bridgehead atoms. The molecule has 6 nitrogen and oxygen atoms in total. The Labute approximate surface area is 196 Å². The van der Waals surface area contributed by atoms with Crippen LogP contribution < -0.4 is 15.4 Å². The Morgan fingerprint density at radius 2 is 1.62 bits per heavy atom. The number of para-hydroxylation sites is 1. The zero-order valence-electron chi connectivity index (χ0n) is 17.4. The second-order valence-corrected chi connectivity index (χ2v) is 7.59. The molecule has 2 amide bonds. The predicted octanol–water partition coefficient (Wildman–Crippen LogP) is 5.20. The fourth-order valence-corrected chi connectivity index (χ4v) is 3.34. The predicted molar refractivity (Wildman–Crippen MR) is 126 cm³/mol. The van der Waals surface area contributed by atoms with Gasteiger partial charge in [0, 0.05) is 29.9 Å². The van der Waals surface area contributed by atoms with Gasteiger partial charge in [0.2, 0.25) is 0 Å². The maximum Gasteiger partial charge on any atom is 0.259 e. The molecule has 3 aromatic rings. The van der Waals surface area contributed by atoms with E-state index in [1.165, 1.54) is 6.07 Å². The molecule has 0 aromatic heterocycles. The lowest BCUT2D eigenvalue weighted by Gasteiger charge is -2.13. The normalized spacial score (nSPS) is 10.5. The van der Waals surface area contributed by atoms with Crippen LogP contribution in [0.5, 0.6) is 5.75 Å². The molecule has 0 fully saturated rings. The van der Waals surface area contributed by atoms with Gasteiger partial charge in [-0.3, -0.25) is 9.59 Å². The molecule has 3 aromatic carbocycles. The maximum absolute atomic E-state index is 12.9. The highest BCUT2D eigenvalue weighted by Gasteiger charge is 2.15. The smallest absolute Gasteiger partial charge is 0.259 e. The highest BCUT2D eigenvalue weighted by atomic mass is 35.5. The first-order valence-corrected chi connectivity index (χ1v) is 10.6. The maximum atomic E-state index is 12.9. The van der Waals surface area contributed by atoms with Crippen LogP contribution in [0.25, 0.3) is 0 Å². The van der Waals surface area contributed by atoms with E-state index in [0.717, 1.165) is 5.56 Å². The summed E-state index contributed by atoms with van der Waals surface area (Å²) in [6, 6.07) is 19.0. The molecule has 0 aliphatic carbocycles. The Kier molecular flexibility index (Phi) is 8.50. The summed E-state index contributed by atoms with van der Waals surface area (Å²) in [5.41, 5.74) is 1.94. The van der Waals surface area contributed by atoms with Crippen molar-refractivity contribution in [3.63, 3.8) is 0 Å². The van der Waals surface area contributed by atoms with Gasteiger partial charge in [0.25, 0.3) is 11.8 Å². The zero-order chi connectivity index (χ0) is 22.9. The molecule has 0 aliphatic heterocycles. The molecule has 0 unspecified atom stereocenters. The van der Waals surface area contributed by atoms with Crippen molar-refractivity contribution in [1.29, 1.82) is 0 Å². The fourth-order valence-electron chi connectivity index (χ4n) is 2.89. The van der Waals surface area contributed by atoms with Crippen molar-refractivity contribution in [3.8, 4) is 5.75 Å². The van der Waals surface area contributed by atoms with E-state index < -0.39 is 0 Å². The van der Waals surface area contributed by atoms with E-state index in [4.69, 9.17) is 32.7 Å². The third-order valence-corrected chi connectivity index (χ3v) is 5.22. The second-order valence-electron chi connectivity index (χ2n) is 6.77. The topological polar surface area (TPSA) is 76.7 Å². The highest BCUT2D eigenvalue weighted by Crippen LogP contribution is 2.25. The van der Waals surface area contributed by atoms with Crippen molar-refractivity contribution in [2.75, 3.05) is 25.6 Å². The largest absolute Gasteiger partial charge is 0.488 e. The first-order valence-electron chi connectivity index (χ1n) is 9.83. The van der Waals surface area contributed by atoms with Gasteiger partial charge in [-0.05, 0) is 36.4 Å². The summed E-state index contributed by atoms with van der Waals surface area (Å²) >= 11 is 12.4. The molecule has 0 saturated carbocycles. The summed E-state index contributed by atoms with van der Waals surface area (Å²) < 4.78 is 10.8. The van der Waals surface area contributed by atoms with Crippen molar-refractivity contribution in [2.24, 2.45) is 0 Å². The first-order chi connectivity index (χ1) is 15.5. The Morgan fingerprint density at radius 3 is 2.38 bits per heavy atom. The summed E-state index contributed by atoms with van der Waals surface area (Å²) in [6.07, 6.45) is 0. The lowest BCUT2D eigenvalue weighted by Crippen LogP contribution is -2.27. The van der Waals surface area contributed by atoms with Gasteiger partial charge in [0.05, 0.1) is 22.8 Å². The lowest BCUT2D eigenvalue weighted by atomic mass is 10.1. The number of halogens is 2. The molecule has 0 aliphatic rings. The third-order valence-electron chi connectivity index (χ3n) is 4.54. The molecule has 0 radical (unpaired) electrons. The number of benzene rings is 3. The second kappa shape index (κ2) is 11.5. The van der Waals surface area contributed by atoms with Crippen LogP contribution in [-0.4, -0.2) is 32.1 Å². The molecule has 32 heavy (non-hydrogen) atoms. The van der Waals surface area contributed by atoms with Gasteiger partial charge >= 0.3 is 0 Å². The minimum absolute atomic E-state index is 0.223. The summed E-state index contributed by atoms with van der Waals surface area (Å²) in [5, 5.41) is 6.31. The number of nitrogens with one attached hydrogen (secondary N) is 2. The summed E-state index contributed by atoms with van der Waals surface area (Å²) in [6.45, 7) is 0.993. The Bertz CT molecular complexity index is 1100. The Hall–Kier alpha value is -3.06. The Morgan fingerprint density at radius 1 is 0.875 bits per heavy atom. The van der Waals surface area contributed by atoms with Gasteiger partial charge < -0.3 is 20.1 Å². The van der Waals surface area contributed by atoms with Crippen LogP contribution in [0.2, 0.25) is 10.0 Å². The number of hydrogen-bond acceptors (Lipinski definition) is 4. The van der Waals surface area contributed by atoms with E-state index in [9.17, 15) is 9.59 Å². The number of carbonyl (C=O) groups is 2. The third kappa shape index (κ3) is 6.23. The molecule has 0 saturated heterocycles. The van der Waals surface area contributed by atoms with Gasteiger partial charge in [-0.2, -0.15) is 0 Å². The van der Waals surface area contributed by atoms with Gasteiger partial charge in [-0.25, -0.2) is 0 Å². The number of amides is 2. The van der Waals surface area contributed by atoms with Crippen LogP contribution in [0.15, 0.2) is 66.7 Å². The highest BCUT2D eigenvalue weighted by molar-refractivity contribution is 6.34. The van der Waals surface area contributed by atoms with Gasteiger partial charge in [-0.15, -0.1) is 0 Å². The quantitative estimate of drug-likeness (QED) is 0.419. The van der Waals surface area contributed by atoms with Crippen LogP contribution in [-0.2, 0) is 11.3 Å². The average Bonchev–Trinajstić information content (AvgIpc) is 2.79. The molecule has 0 heterocycles. The van der Waals surface area contributed by atoms with Crippen molar-refractivity contribution in [1.82, 2.24) is 5.32 Å². The van der Waals surface area contributed by atoms with E-state index in [1.54, 1.807) is 49.6 Å². The molecule has 3 rings (SSSR count). The van der Waals surface area contributed by atoms with Gasteiger partial charge in [0.1, 0.15) is 12.4 Å². The van der Waals surface area contributed by atoms with Gasteiger partial charge in [0.15, 0.2) is 0 Å². The number of rotatable bonds is 9. The van der Waals surface area contributed by atoms with Crippen LogP contribution in [0.3, 0.4) is 0 Å². The molecular weight excluding hydrogens is 451 g/mol. The lowest BCUT2D eigenvalue weighted by molar-refractivity contribution is 0.0936. The molecule has 2 N–H and O–H groups in total. The van der Waals surface area contributed by atoms with Crippen LogP contribution >= 0.6 is 23.2 Å². The zero-order valence-corrected chi connectivity index (χ0v) is 18.9. The minimum Gasteiger partial charge on any atom is -0.488 e. The van der Waals surface area contributed by atoms with Crippen molar-refractivity contribution >= 4 is 40.7 Å². The summed E-state index contributed by atoms with van der Waals surface area (Å²) in [4.78, 5) is 25.1. The van der Waals surface area contributed by atoms with Crippen molar-refractivity contribution in [3.05, 3.63) is 93.5 Å². The van der Waals surface area contributed by atoms with Crippen molar-refractivity contribution < 1.29 is 19.1 Å². The number of methoxy groups -OCH3 is 1. The molecule has 8 heteroatoms. The van der Waals surface area contributed by atoms with Crippen molar-refractivity contribution in [2.45, 2.75) is 6.61 Å². The molecule has 0 atom stereocenters. The fraction of sp³-hybridized carbons (Fsp3) is 0.167. The monoisotopic (exact) mass is 472 g/mol. The molecule has 166 valence electrons. The number of hydrogen-bond donors (Lipinski definition) is 2. The SMILES string of the molecule is COCCNC(=O)c1ccc(NC(=O)c2ccccc2OCc2ccccc2Cl)cc1Cl. The average molecular weight is 473 g/mol. The first kappa shape index (κ1) is 23.6. The van der Waals surface area contributed by atoms with Gasteiger partial charge in [-0.1, -0.05) is 53.5 Å². The number of ether oxygens (including phenoxy) is 2. The van der Waals surface area contributed by atoms with E-state index in [0.29, 0.717) is 40.7 Å². The van der Waals surface area contributed by atoms with Crippen LogP contribution in [0, 0.1) is 0 Å². The van der Waals surface area contributed by atoms with E-state index in [-0.39, 0.29) is 23.4 Å². The molecular formula is C24H22Cl2N2O4. The number of anilines is 1. The summed E-state index contributed by atoms with van der Waals surface area (Å²) in [7, 11) is 1.55. The van der Waals surface area contributed by atoms with E-state index in [1.807, 2.05) is 18.2 Å². The number of carbonyl (C=O) groups excluding carboxylic acids is 2. The van der Waals surface area contributed by atoms with Crippen LogP contribution in [0.4, 0.5) is 5.69 Å². The summed E-state index contributed by atoms with van der Waals surface area (Å²) in [5.74, 6) is -0.262. The Balaban J connectivity index is 1.69. The van der Waals surface area contributed by atoms with E-state index in [2.05, 4.69) is 10.6 Å². The van der Waals surface area contributed by atoms with E-state index >= 15 is 0 Å². The van der Waals surface area contributed by atoms with Crippen LogP contribution in [0.1, 0.15) is 26.3 Å². The standard InChI is InChI=1S/C24H22Cl2N2O4/c1-31-13-12-27-23(29)18-11-10-17(14-21(18)26)28-24(30)19-7-3-5-9-22(19)32-15-16-6-2-4-8-20(16)25/h2-11,14H,12-13,15H2,1H3,(H,27,29)(H,28,30).